The Balaban J connectivity index is 1.26. The first kappa shape index (κ1) is 16.4. The van der Waals surface area contributed by atoms with Crippen LogP contribution in [0.4, 0.5) is 4.79 Å². The van der Waals surface area contributed by atoms with Crippen molar-refractivity contribution in [1.82, 2.24) is 5.32 Å². The number of nitrogens with one attached hydrogen (secondary N) is 1. The van der Waals surface area contributed by atoms with Gasteiger partial charge < -0.3 is 15.2 Å². The summed E-state index contributed by atoms with van der Waals surface area (Å²) in [5, 5.41) is 12.1. The highest BCUT2D eigenvalue weighted by Gasteiger charge is 2.67. The molecule has 138 valence electrons. The Morgan fingerprint density at radius 1 is 1.07 bits per heavy atom. The topological polar surface area (TPSA) is 75.6 Å². The summed E-state index contributed by atoms with van der Waals surface area (Å²) in [6.07, 6.45) is 1.92. The number of aliphatic carboxylic acids is 1. The molecule has 2 saturated carbocycles. The standard InChI is InChI=1S/C22H21NO4/c24-20(25)18-11-22(18)10-9-19(22)23-21(26)27-12-17-15-7-3-1-5-13(15)14-6-2-4-8-16(14)17/h1-8,17-19H,9-12H2,(H,23,26)(H,24,25). The molecule has 2 N–H and O–H groups in total. The van der Waals surface area contributed by atoms with Crippen molar-refractivity contribution in [2.24, 2.45) is 11.3 Å². The second-order valence-electron chi connectivity index (χ2n) is 7.89. The van der Waals surface area contributed by atoms with Crippen molar-refractivity contribution in [1.29, 1.82) is 0 Å². The van der Waals surface area contributed by atoms with E-state index in [4.69, 9.17) is 4.74 Å². The molecule has 3 aliphatic rings. The molecule has 2 aromatic rings. The van der Waals surface area contributed by atoms with Crippen molar-refractivity contribution < 1.29 is 19.4 Å². The minimum absolute atomic E-state index is 0.0335. The Labute approximate surface area is 157 Å². The van der Waals surface area contributed by atoms with Crippen molar-refractivity contribution in [3.63, 3.8) is 0 Å². The number of hydrogen-bond donors (Lipinski definition) is 2. The third kappa shape index (κ3) is 2.45. The normalized spacial score (nSPS) is 27.4. The van der Waals surface area contributed by atoms with Gasteiger partial charge in [-0.15, -0.1) is 0 Å². The van der Waals surface area contributed by atoms with E-state index in [1.807, 2.05) is 24.3 Å². The van der Waals surface area contributed by atoms with Crippen LogP contribution in [-0.2, 0) is 9.53 Å². The van der Waals surface area contributed by atoms with Gasteiger partial charge in [0, 0.05) is 17.4 Å². The maximum atomic E-state index is 12.3. The van der Waals surface area contributed by atoms with E-state index in [9.17, 15) is 14.7 Å². The lowest BCUT2D eigenvalue weighted by Crippen LogP contribution is -2.50. The minimum atomic E-state index is -0.756. The molecule has 0 aromatic heterocycles. The number of benzene rings is 2. The van der Waals surface area contributed by atoms with E-state index < -0.39 is 12.1 Å². The quantitative estimate of drug-likeness (QED) is 0.867. The van der Waals surface area contributed by atoms with Gasteiger partial charge in [-0.05, 0) is 41.5 Å². The van der Waals surface area contributed by atoms with Crippen LogP contribution in [0.3, 0.4) is 0 Å². The predicted octanol–water partition coefficient (Wildman–Crippen LogP) is 3.78. The smallest absolute Gasteiger partial charge is 0.407 e. The summed E-state index contributed by atoms with van der Waals surface area (Å²) < 4.78 is 5.57. The maximum Gasteiger partial charge on any atom is 0.407 e. The van der Waals surface area contributed by atoms with Gasteiger partial charge in [-0.1, -0.05) is 48.5 Å². The summed E-state index contributed by atoms with van der Waals surface area (Å²) in [5.41, 5.74) is 4.53. The highest BCUT2D eigenvalue weighted by molar-refractivity contribution is 5.79. The monoisotopic (exact) mass is 363 g/mol. The third-order valence-corrected chi connectivity index (χ3v) is 6.64. The van der Waals surface area contributed by atoms with E-state index in [-0.39, 0.29) is 29.9 Å². The summed E-state index contributed by atoms with van der Waals surface area (Å²) in [5.74, 6) is -1.04. The van der Waals surface area contributed by atoms with Crippen LogP contribution in [0.5, 0.6) is 0 Å². The predicted molar refractivity (Wildman–Crippen MR) is 99.4 cm³/mol. The molecule has 3 aliphatic carbocycles. The molecular formula is C22H21NO4. The molecule has 0 aliphatic heterocycles. The molecule has 5 heteroatoms. The SMILES string of the molecule is O=C(NC1CCC12CC2C(=O)O)OCC1c2ccccc2-c2ccccc21. The lowest BCUT2D eigenvalue weighted by molar-refractivity contribution is -0.140. The van der Waals surface area contributed by atoms with Crippen LogP contribution < -0.4 is 5.32 Å². The fourth-order valence-electron chi connectivity index (χ4n) is 4.97. The first-order valence-electron chi connectivity index (χ1n) is 9.44. The van der Waals surface area contributed by atoms with E-state index in [1.165, 1.54) is 22.3 Å². The average molecular weight is 363 g/mol. The van der Waals surface area contributed by atoms with E-state index in [1.54, 1.807) is 0 Å². The molecule has 0 heterocycles. The Bertz CT molecular complexity index is 894. The first-order chi connectivity index (χ1) is 13.1. The number of carboxylic acid groups (broad SMARTS) is 1. The summed E-state index contributed by atoms with van der Waals surface area (Å²) in [6, 6.07) is 16.4. The number of carbonyl (C=O) groups is 2. The molecule has 5 nitrogen and oxygen atoms in total. The van der Waals surface area contributed by atoms with E-state index >= 15 is 0 Å². The maximum absolute atomic E-state index is 12.3. The van der Waals surface area contributed by atoms with Crippen molar-refractivity contribution in [2.75, 3.05) is 6.61 Å². The number of rotatable bonds is 4. The number of amides is 1. The molecular weight excluding hydrogens is 342 g/mol. The zero-order chi connectivity index (χ0) is 18.6. The van der Waals surface area contributed by atoms with Crippen LogP contribution in [0, 0.1) is 11.3 Å². The van der Waals surface area contributed by atoms with Gasteiger partial charge >= 0.3 is 12.1 Å². The van der Waals surface area contributed by atoms with Crippen molar-refractivity contribution in [3.8, 4) is 11.1 Å². The van der Waals surface area contributed by atoms with Crippen LogP contribution in [0.1, 0.15) is 36.3 Å². The molecule has 5 rings (SSSR count). The van der Waals surface area contributed by atoms with Crippen LogP contribution in [0.2, 0.25) is 0 Å². The molecule has 2 fully saturated rings. The van der Waals surface area contributed by atoms with Gasteiger partial charge in [0.2, 0.25) is 0 Å². The molecule has 3 atom stereocenters. The van der Waals surface area contributed by atoms with Crippen molar-refractivity contribution in [3.05, 3.63) is 59.7 Å². The lowest BCUT2D eigenvalue weighted by atomic mass is 9.74. The molecule has 1 spiro atoms. The number of carboxylic acids is 1. The molecule has 0 radical (unpaired) electrons. The second kappa shape index (κ2) is 5.84. The molecule has 27 heavy (non-hydrogen) atoms. The Kier molecular flexibility index (Phi) is 3.54. The molecule has 3 unspecified atom stereocenters. The number of carbonyl (C=O) groups excluding carboxylic acids is 1. The lowest BCUT2D eigenvalue weighted by Gasteiger charge is -2.38. The van der Waals surface area contributed by atoms with Crippen molar-refractivity contribution in [2.45, 2.75) is 31.2 Å². The number of hydrogen-bond acceptors (Lipinski definition) is 3. The number of alkyl carbamates (subject to hydrolysis) is 1. The van der Waals surface area contributed by atoms with E-state index in [2.05, 4.69) is 29.6 Å². The zero-order valence-electron chi connectivity index (χ0n) is 14.9. The van der Waals surface area contributed by atoms with Gasteiger partial charge in [0.15, 0.2) is 0 Å². The fraction of sp³-hybridized carbons (Fsp3) is 0.364. The van der Waals surface area contributed by atoms with Crippen LogP contribution in [-0.4, -0.2) is 29.8 Å². The molecule has 0 saturated heterocycles. The molecule has 1 amide bonds. The Morgan fingerprint density at radius 3 is 2.22 bits per heavy atom. The van der Waals surface area contributed by atoms with Gasteiger partial charge in [0.05, 0.1) is 5.92 Å². The highest BCUT2D eigenvalue weighted by atomic mass is 16.5. The van der Waals surface area contributed by atoms with Crippen LogP contribution in [0.15, 0.2) is 48.5 Å². The summed E-state index contributed by atoms with van der Waals surface area (Å²) in [4.78, 5) is 23.5. The van der Waals surface area contributed by atoms with Crippen molar-refractivity contribution >= 4 is 12.1 Å². The van der Waals surface area contributed by atoms with E-state index in [0.29, 0.717) is 6.42 Å². The third-order valence-electron chi connectivity index (χ3n) is 6.64. The molecule has 0 bridgehead atoms. The largest absolute Gasteiger partial charge is 0.481 e. The Hall–Kier alpha value is -2.82. The summed E-state index contributed by atoms with van der Waals surface area (Å²) in [7, 11) is 0. The van der Waals surface area contributed by atoms with Gasteiger partial charge in [-0.3, -0.25) is 4.79 Å². The number of fused-ring (bicyclic) bond motifs is 3. The van der Waals surface area contributed by atoms with Crippen LogP contribution in [0.25, 0.3) is 11.1 Å². The van der Waals surface area contributed by atoms with Crippen LogP contribution >= 0.6 is 0 Å². The zero-order valence-corrected chi connectivity index (χ0v) is 14.9. The number of ether oxygens (including phenoxy) is 1. The fourth-order valence-corrected chi connectivity index (χ4v) is 4.97. The van der Waals surface area contributed by atoms with E-state index in [0.717, 1.165) is 12.8 Å². The van der Waals surface area contributed by atoms with Gasteiger partial charge in [-0.2, -0.15) is 0 Å². The van der Waals surface area contributed by atoms with Gasteiger partial charge in [-0.25, -0.2) is 4.79 Å². The minimum Gasteiger partial charge on any atom is -0.481 e. The van der Waals surface area contributed by atoms with Gasteiger partial charge in [0.1, 0.15) is 6.61 Å². The summed E-state index contributed by atoms with van der Waals surface area (Å²) >= 11 is 0. The van der Waals surface area contributed by atoms with Gasteiger partial charge in [0.25, 0.3) is 0 Å². The summed E-state index contributed by atoms with van der Waals surface area (Å²) in [6.45, 7) is 0.280. The molecule has 2 aromatic carbocycles. The highest BCUT2D eigenvalue weighted by Crippen LogP contribution is 2.65. The second-order valence-corrected chi connectivity index (χ2v) is 7.89. The first-order valence-corrected chi connectivity index (χ1v) is 9.44. The Morgan fingerprint density at radius 2 is 1.70 bits per heavy atom. The average Bonchev–Trinajstić information content (AvgIpc) is 3.39.